The van der Waals surface area contributed by atoms with E-state index in [1.54, 1.807) is 11.3 Å². The molecule has 0 unspecified atom stereocenters. The van der Waals surface area contributed by atoms with Crippen molar-refractivity contribution < 1.29 is 35.8 Å². The second-order valence-corrected chi connectivity index (χ2v) is 10.7. The average molecular weight is 618 g/mol. The van der Waals surface area contributed by atoms with E-state index in [9.17, 15) is 4.79 Å². The Labute approximate surface area is 249 Å². The molecule has 0 aliphatic rings. The number of halogens is 1. The number of benzene rings is 2. The molecular weight excluding hydrogens is 572 g/mol. The van der Waals surface area contributed by atoms with Gasteiger partial charge in [-0.15, -0.1) is 0 Å². The van der Waals surface area contributed by atoms with Crippen molar-refractivity contribution in [2.45, 2.75) is 90.5 Å². The number of unbranched alkanes of at least 4 members (excludes halogenated alkanes) is 11. The Balaban J connectivity index is 0.00000533. The molecule has 3 aromatic rings. The normalized spacial score (nSPS) is 10.6. The first-order chi connectivity index (χ1) is 18.7. The summed E-state index contributed by atoms with van der Waals surface area (Å²) < 4.78 is 13.7. The van der Waals surface area contributed by atoms with Crippen LogP contribution in [0.15, 0.2) is 65.6 Å². The van der Waals surface area contributed by atoms with Crippen LogP contribution in [0.4, 0.5) is 5.69 Å². The molecule has 7 heteroatoms. The number of carbonyl (C=O) groups excluding carboxylic acids is 1. The summed E-state index contributed by atoms with van der Waals surface area (Å²) in [6.45, 7) is 3.68. The molecule has 0 aliphatic heterocycles. The van der Waals surface area contributed by atoms with Gasteiger partial charge in [0.25, 0.3) is 5.91 Å². The zero-order valence-corrected chi connectivity index (χ0v) is 25.8. The van der Waals surface area contributed by atoms with Crippen molar-refractivity contribution in [2.75, 3.05) is 18.5 Å². The van der Waals surface area contributed by atoms with E-state index in [1.807, 2.05) is 65.6 Å². The van der Waals surface area contributed by atoms with Gasteiger partial charge in [-0.2, -0.15) is 4.57 Å². The van der Waals surface area contributed by atoms with Crippen LogP contribution in [0, 0.1) is 0 Å². The van der Waals surface area contributed by atoms with Crippen molar-refractivity contribution in [2.24, 2.45) is 0 Å². The van der Waals surface area contributed by atoms with Crippen molar-refractivity contribution in [1.82, 2.24) is 0 Å². The molecule has 0 aliphatic carbocycles. The van der Waals surface area contributed by atoms with Gasteiger partial charge in [0.2, 0.25) is 5.51 Å². The molecule has 1 N–H and O–H groups in total. The number of ether oxygens (including phenoxy) is 2. The number of hydrogen-bond acceptors (Lipinski definition) is 4. The molecule has 1 heterocycles. The van der Waals surface area contributed by atoms with Gasteiger partial charge in [0.05, 0.1) is 17.7 Å². The molecule has 39 heavy (non-hydrogen) atoms. The molecule has 0 fully saturated rings. The molecule has 0 bridgehead atoms. The molecular formula is C32H45BrN2O3S. The molecule has 0 radical (unpaired) electrons. The molecule has 5 nitrogen and oxygen atoms in total. The van der Waals surface area contributed by atoms with Crippen LogP contribution < -0.4 is 36.3 Å². The number of amides is 1. The fourth-order valence-electron chi connectivity index (χ4n) is 4.43. The van der Waals surface area contributed by atoms with Crippen molar-refractivity contribution in [3.05, 3.63) is 71.2 Å². The lowest BCUT2D eigenvalue weighted by atomic mass is 10.1. The Bertz CT molecular complexity index is 1030. The monoisotopic (exact) mass is 616 g/mol. The van der Waals surface area contributed by atoms with Crippen molar-refractivity contribution in [3.8, 4) is 11.5 Å². The highest BCUT2D eigenvalue weighted by Gasteiger charge is 2.11. The first-order valence-corrected chi connectivity index (χ1v) is 15.3. The van der Waals surface area contributed by atoms with Crippen LogP contribution in [0.5, 0.6) is 11.5 Å². The minimum Gasteiger partial charge on any atom is -1.00 e. The minimum absolute atomic E-state index is 0. The van der Waals surface area contributed by atoms with Gasteiger partial charge >= 0.3 is 0 Å². The molecule has 0 saturated heterocycles. The van der Waals surface area contributed by atoms with E-state index < -0.39 is 0 Å². The number of carbonyl (C=O) groups is 1. The smallest absolute Gasteiger partial charge is 0.262 e. The first-order valence-electron chi connectivity index (χ1n) is 14.4. The maximum absolute atomic E-state index is 12.5. The maximum Gasteiger partial charge on any atom is 0.262 e. The highest BCUT2D eigenvalue weighted by atomic mass is 79.9. The molecule has 0 atom stereocenters. The lowest BCUT2D eigenvalue weighted by molar-refractivity contribution is -0.683. The third-order valence-electron chi connectivity index (χ3n) is 6.63. The summed E-state index contributed by atoms with van der Waals surface area (Å²) in [5.41, 5.74) is 3.91. The Morgan fingerprint density at radius 1 is 0.795 bits per heavy atom. The summed E-state index contributed by atoms with van der Waals surface area (Å²) >= 11 is 1.64. The number of hydrogen-bond donors (Lipinski definition) is 1. The largest absolute Gasteiger partial charge is 1.00 e. The van der Waals surface area contributed by atoms with Gasteiger partial charge in [-0.3, -0.25) is 4.79 Å². The summed E-state index contributed by atoms with van der Waals surface area (Å²) in [5.74, 6) is 1.31. The lowest BCUT2D eigenvalue weighted by Crippen LogP contribution is -3.00. The Hall–Kier alpha value is -2.38. The Morgan fingerprint density at radius 3 is 2.00 bits per heavy atom. The third-order valence-corrected chi connectivity index (χ3v) is 7.30. The number of para-hydroxylation sites is 1. The summed E-state index contributed by atoms with van der Waals surface area (Å²) in [4.78, 5) is 12.5. The van der Waals surface area contributed by atoms with Crippen LogP contribution in [0.1, 0.15) is 89.5 Å². The van der Waals surface area contributed by atoms with Crippen LogP contribution in [0.25, 0.3) is 0 Å². The molecule has 1 aromatic heterocycles. The standard InChI is InChI=1S/C32H44N2O3S.BrH/c1-2-3-4-5-6-7-8-9-10-11-12-15-23-36-29-18-20-30(21-19-29)37-26-32(35)33-31-17-14-13-16-28(31)25-34-22-24-38-27-34;/h13-14,16-22,24,27H,2-12,15,23,25-26H2,1H3;1H. The fourth-order valence-corrected chi connectivity index (χ4v) is 5.03. The molecule has 3 rings (SSSR count). The van der Waals surface area contributed by atoms with Gasteiger partial charge in [-0.25, -0.2) is 0 Å². The molecule has 0 saturated carbocycles. The second kappa shape index (κ2) is 20.5. The number of thiazole rings is 1. The van der Waals surface area contributed by atoms with E-state index in [0.717, 1.165) is 30.0 Å². The number of anilines is 1. The first kappa shape index (κ1) is 32.8. The van der Waals surface area contributed by atoms with E-state index in [1.165, 1.54) is 70.6 Å². The van der Waals surface area contributed by atoms with E-state index in [2.05, 4.69) is 16.8 Å². The van der Waals surface area contributed by atoms with E-state index in [0.29, 0.717) is 12.3 Å². The highest BCUT2D eigenvalue weighted by Crippen LogP contribution is 2.19. The summed E-state index contributed by atoms with van der Waals surface area (Å²) in [6.07, 6.45) is 18.1. The van der Waals surface area contributed by atoms with Gasteiger partial charge < -0.3 is 31.8 Å². The van der Waals surface area contributed by atoms with Crippen molar-refractivity contribution >= 4 is 22.9 Å². The summed E-state index contributed by atoms with van der Waals surface area (Å²) in [7, 11) is 0. The minimum atomic E-state index is -0.180. The van der Waals surface area contributed by atoms with Gasteiger partial charge in [0, 0.05) is 5.56 Å². The number of nitrogens with zero attached hydrogens (tertiary/aromatic N) is 1. The topological polar surface area (TPSA) is 51.4 Å². The molecule has 214 valence electrons. The van der Waals surface area contributed by atoms with E-state index in [4.69, 9.17) is 9.47 Å². The zero-order valence-electron chi connectivity index (χ0n) is 23.4. The van der Waals surface area contributed by atoms with Crippen LogP contribution in [0.2, 0.25) is 0 Å². The zero-order chi connectivity index (χ0) is 26.7. The predicted molar refractivity (Wildman–Crippen MR) is 157 cm³/mol. The van der Waals surface area contributed by atoms with Crippen LogP contribution in [-0.2, 0) is 11.3 Å². The van der Waals surface area contributed by atoms with Crippen molar-refractivity contribution in [3.63, 3.8) is 0 Å². The molecule has 1 amide bonds. The Kier molecular flexibility index (Phi) is 17.3. The SMILES string of the molecule is CCCCCCCCCCCCCCOc1ccc(OCC(=O)Nc2ccccc2C[n+]2ccsc2)cc1.[Br-]. The van der Waals surface area contributed by atoms with E-state index in [-0.39, 0.29) is 29.5 Å². The maximum atomic E-state index is 12.5. The van der Waals surface area contributed by atoms with Gasteiger partial charge in [-0.1, -0.05) is 107 Å². The number of rotatable bonds is 20. The number of aromatic nitrogens is 1. The molecule has 2 aromatic carbocycles. The summed E-state index contributed by atoms with van der Waals surface area (Å²) in [5, 5.41) is 5.01. The van der Waals surface area contributed by atoms with Crippen LogP contribution in [0.3, 0.4) is 0 Å². The average Bonchev–Trinajstić information content (AvgIpc) is 3.45. The number of nitrogens with one attached hydrogen (secondary N) is 1. The highest BCUT2D eigenvalue weighted by molar-refractivity contribution is 7.07. The fraction of sp³-hybridized carbons (Fsp3) is 0.500. The molecule has 0 spiro atoms. The van der Waals surface area contributed by atoms with Crippen molar-refractivity contribution in [1.29, 1.82) is 0 Å². The second-order valence-electron chi connectivity index (χ2n) is 9.90. The lowest BCUT2D eigenvalue weighted by Gasteiger charge is -2.11. The van der Waals surface area contributed by atoms with Gasteiger partial charge in [0.1, 0.15) is 11.5 Å². The van der Waals surface area contributed by atoms with Crippen LogP contribution in [-0.4, -0.2) is 19.1 Å². The predicted octanol–water partition coefficient (Wildman–Crippen LogP) is 5.19. The quantitative estimate of drug-likeness (QED) is 0.140. The van der Waals surface area contributed by atoms with E-state index >= 15 is 0 Å². The summed E-state index contributed by atoms with van der Waals surface area (Å²) in [6, 6.07) is 15.4. The van der Waals surface area contributed by atoms with Gasteiger partial charge in [0.15, 0.2) is 19.3 Å². The van der Waals surface area contributed by atoms with Gasteiger partial charge in [-0.05, 0) is 36.8 Å². The Morgan fingerprint density at radius 2 is 1.38 bits per heavy atom. The van der Waals surface area contributed by atoms with Crippen LogP contribution >= 0.6 is 11.3 Å². The third kappa shape index (κ3) is 14.0.